The number of carbonyl (C=O) groups is 1. The molecule has 0 aliphatic carbocycles. The van der Waals surface area contributed by atoms with Crippen molar-refractivity contribution in [3.8, 4) is 0 Å². The van der Waals surface area contributed by atoms with Gasteiger partial charge in [0.25, 0.3) is 0 Å². The maximum absolute atomic E-state index is 11.5. The molecular formula is C14H15ClN2O2S. The summed E-state index contributed by atoms with van der Waals surface area (Å²) in [7, 11) is 3.24. The zero-order valence-corrected chi connectivity index (χ0v) is 13.1. The van der Waals surface area contributed by atoms with Crippen molar-refractivity contribution < 1.29 is 9.53 Å². The first kappa shape index (κ1) is 14.8. The number of aryl methyl sites for hydroxylation is 1. The average molecular weight is 311 g/mol. The molecule has 1 heterocycles. The van der Waals surface area contributed by atoms with Crippen LogP contribution in [0.5, 0.6) is 0 Å². The van der Waals surface area contributed by atoms with E-state index in [9.17, 15) is 4.79 Å². The molecule has 106 valence electrons. The summed E-state index contributed by atoms with van der Waals surface area (Å²) in [6.45, 7) is 2.76. The van der Waals surface area contributed by atoms with Crippen molar-refractivity contribution in [1.29, 1.82) is 0 Å². The molecule has 0 spiro atoms. The predicted molar refractivity (Wildman–Crippen MR) is 81.7 cm³/mol. The SMILES string of the molecule is COC(=O)c1sc(N(C)Cc2cccc(C)c2)nc1Cl. The number of halogens is 1. The van der Waals surface area contributed by atoms with Gasteiger partial charge in [-0.2, -0.15) is 0 Å². The predicted octanol–water partition coefficient (Wildman–Crippen LogP) is 3.53. The van der Waals surface area contributed by atoms with E-state index in [1.807, 2.05) is 18.0 Å². The van der Waals surface area contributed by atoms with Crippen LogP contribution in [-0.2, 0) is 11.3 Å². The molecule has 2 aromatic rings. The van der Waals surface area contributed by atoms with Crippen molar-refractivity contribution in [2.75, 3.05) is 19.1 Å². The van der Waals surface area contributed by atoms with Gasteiger partial charge in [-0.25, -0.2) is 9.78 Å². The summed E-state index contributed by atoms with van der Waals surface area (Å²) in [5.41, 5.74) is 2.39. The highest BCUT2D eigenvalue weighted by atomic mass is 35.5. The Bertz CT molecular complexity index is 627. The Hall–Kier alpha value is -1.59. The average Bonchev–Trinajstić information content (AvgIpc) is 2.80. The number of anilines is 1. The summed E-state index contributed by atoms with van der Waals surface area (Å²) in [5, 5.41) is 0.879. The van der Waals surface area contributed by atoms with Gasteiger partial charge < -0.3 is 9.64 Å². The molecule has 6 heteroatoms. The molecule has 0 N–H and O–H groups in total. The van der Waals surface area contributed by atoms with Crippen LogP contribution in [0.4, 0.5) is 5.13 Å². The van der Waals surface area contributed by atoms with E-state index < -0.39 is 5.97 Å². The van der Waals surface area contributed by atoms with Crippen LogP contribution in [0.25, 0.3) is 0 Å². The van der Waals surface area contributed by atoms with Crippen molar-refractivity contribution in [1.82, 2.24) is 4.98 Å². The third-order valence-corrected chi connectivity index (χ3v) is 4.31. The van der Waals surface area contributed by atoms with Crippen LogP contribution in [0.1, 0.15) is 20.8 Å². The quantitative estimate of drug-likeness (QED) is 0.810. The van der Waals surface area contributed by atoms with E-state index in [1.165, 1.54) is 29.6 Å². The highest BCUT2D eigenvalue weighted by Gasteiger charge is 2.19. The molecule has 2 rings (SSSR count). The van der Waals surface area contributed by atoms with Crippen molar-refractivity contribution in [2.45, 2.75) is 13.5 Å². The number of hydrogen-bond donors (Lipinski definition) is 0. The van der Waals surface area contributed by atoms with Crippen LogP contribution in [0.2, 0.25) is 5.15 Å². The van der Waals surface area contributed by atoms with Crippen LogP contribution in [0.15, 0.2) is 24.3 Å². The molecule has 1 aromatic heterocycles. The van der Waals surface area contributed by atoms with Crippen LogP contribution in [0.3, 0.4) is 0 Å². The van der Waals surface area contributed by atoms with Gasteiger partial charge in [-0.15, -0.1) is 0 Å². The summed E-state index contributed by atoms with van der Waals surface area (Å²) in [6.07, 6.45) is 0. The topological polar surface area (TPSA) is 42.4 Å². The third kappa shape index (κ3) is 3.29. The Morgan fingerprint density at radius 1 is 1.50 bits per heavy atom. The molecule has 4 nitrogen and oxygen atoms in total. The number of ether oxygens (including phenoxy) is 1. The maximum Gasteiger partial charge on any atom is 0.351 e. The number of nitrogens with zero attached hydrogens (tertiary/aromatic N) is 2. The number of aromatic nitrogens is 1. The minimum atomic E-state index is -0.456. The molecule has 0 saturated carbocycles. The van der Waals surface area contributed by atoms with Crippen molar-refractivity contribution in [3.63, 3.8) is 0 Å². The van der Waals surface area contributed by atoms with Gasteiger partial charge in [0.15, 0.2) is 15.2 Å². The van der Waals surface area contributed by atoms with Crippen molar-refractivity contribution in [2.24, 2.45) is 0 Å². The number of thiazole rings is 1. The zero-order valence-electron chi connectivity index (χ0n) is 11.5. The van der Waals surface area contributed by atoms with Gasteiger partial charge in [-0.05, 0) is 12.5 Å². The molecule has 0 unspecified atom stereocenters. The molecule has 0 aliphatic rings. The van der Waals surface area contributed by atoms with Crippen LogP contribution >= 0.6 is 22.9 Å². The van der Waals surface area contributed by atoms with Gasteiger partial charge in [0.2, 0.25) is 0 Å². The fourth-order valence-electron chi connectivity index (χ4n) is 1.82. The number of esters is 1. The highest BCUT2D eigenvalue weighted by Crippen LogP contribution is 2.30. The zero-order chi connectivity index (χ0) is 14.7. The van der Waals surface area contributed by atoms with Gasteiger partial charge in [0.1, 0.15) is 0 Å². The van der Waals surface area contributed by atoms with Gasteiger partial charge in [-0.1, -0.05) is 52.8 Å². The first-order chi connectivity index (χ1) is 9.51. The van der Waals surface area contributed by atoms with Crippen molar-refractivity contribution >= 4 is 34.0 Å². The monoisotopic (exact) mass is 310 g/mol. The fraction of sp³-hybridized carbons (Fsp3) is 0.286. The van der Waals surface area contributed by atoms with Gasteiger partial charge in [0.05, 0.1) is 7.11 Å². The second-order valence-corrected chi connectivity index (χ2v) is 5.79. The van der Waals surface area contributed by atoms with E-state index in [0.29, 0.717) is 16.6 Å². The van der Waals surface area contributed by atoms with Crippen LogP contribution < -0.4 is 4.90 Å². The summed E-state index contributed by atoms with van der Waals surface area (Å²) < 4.78 is 4.67. The van der Waals surface area contributed by atoms with Crippen LogP contribution in [-0.4, -0.2) is 25.1 Å². The number of benzene rings is 1. The van der Waals surface area contributed by atoms with Gasteiger partial charge >= 0.3 is 5.97 Å². The molecule has 0 aliphatic heterocycles. The van der Waals surface area contributed by atoms with Crippen LogP contribution in [0, 0.1) is 6.92 Å². The summed E-state index contributed by atoms with van der Waals surface area (Å²) in [4.78, 5) is 18.0. The lowest BCUT2D eigenvalue weighted by atomic mass is 10.1. The number of hydrogen-bond acceptors (Lipinski definition) is 5. The Balaban J connectivity index is 2.17. The minimum absolute atomic E-state index is 0.188. The Morgan fingerprint density at radius 3 is 2.90 bits per heavy atom. The molecule has 0 bridgehead atoms. The fourth-order valence-corrected chi connectivity index (χ4v) is 2.98. The lowest BCUT2D eigenvalue weighted by molar-refractivity contribution is 0.0606. The Labute approximate surface area is 127 Å². The summed E-state index contributed by atoms with van der Waals surface area (Å²) in [6, 6.07) is 8.25. The number of carbonyl (C=O) groups excluding carboxylic acids is 1. The molecule has 0 radical (unpaired) electrons. The second-order valence-electron chi connectivity index (χ2n) is 4.45. The summed E-state index contributed by atoms with van der Waals surface area (Å²) in [5.74, 6) is -0.456. The standard InChI is InChI=1S/C14H15ClN2O2S/c1-9-5-4-6-10(7-9)8-17(2)14-16-12(15)11(20-14)13(18)19-3/h4-7H,8H2,1-3H3. The smallest absolute Gasteiger partial charge is 0.351 e. The van der Waals surface area contributed by atoms with Crippen molar-refractivity contribution in [3.05, 3.63) is 45.4 Å². The molecule has 1 aromatic carbocycles. The van der Waals surface area contributed by atoms with E-state index >= 15 is 0 Å². The lowest BCUT2D eigenvalue weighted by Gasteiger charge is -2.15. The molecule has 0 amide bonds. The first-order valence-corrected chi connectivity index (χ1v) is 7.22. The number of rotatable bonds is 4. The molecule has 20 heavy (non-hydrogen) atoms. The Kier molecular flexibility index (Phi) is 4.62. The second kappa shape index (κ2) is 6.24. The van der Waals surface area contributed by atoms with Gasteiger partial charge in [0, 0.05) is 13.6 Å². The van der Waals surface area contributed by atoms with E-state index in [-0.39, 0.29) is 5.15 Å². The highest BCUT2D eigenvalue weighted by molar-refractivity contribution is 7.18. The molecule has 0 fully saturated rings. The lowest BCUT2D eigenvalue weighted by Crippen LogP contribution is -2.16. The van der Waals surface area contributed by atoms with E-state index in [2.05, 4.69) is 34.8 Å². The number of methoxy groups -OCH3 is 1. The maximum atomic E-state index is 11.5. The first-order valence-electron chi connectivity index (χ1n) is 6.02. The summed E-state index contributed by atoms with van der Waals surface area (Å²) >= 11 is 7.19. The molecule has 0 saturated heterocycles. The molecule has 0 atom stereocenters. The van der Waals surface area contributed by atoms with E-state index in [1.54, 1.807) is 0 Å². The van der Waals surface area contributed by atoms with E-state index in [0.717, 1.165) is 0 Å². The van der Waals surface area contributed by atoms with E-state index in [4.69, 9.17) is 11.6 Å². The normalized spacial score (nSPS) is 10.4. The molecular weight excluding hydrogens is 296 g/mol. The van der Waals surface area contributed by atoms with Gasteiger partial charge in [-0.3, -0.25) is 0 Å². The minimum Gasteiger partial charge on any atom is -0.465 e. The largest absolute Gasteiger partial charge is 0.465 e. The third-order valence-electron chi connectivity index (χ3n) is 2.77. The Morgan fingerprint density at radius 2 is 2.25 bits per heavy atom.